The quantitative estimate of drug-likeness (QED) is 0.360. The summed E-state index contributed by atoms with van der Waals surface area (Å²) in [5.41, 5.74) is 3.96. The standard InChI is InChI=1S/C29H27N7O3S/c1-29(11-12-29)27-32-22(26(40-27)36-13-14-38-20-15-19(20)36)25-34-35-28(39-25)33-23-24(37)30-18-10-6-5-9-17(18)21(31-23)16-7-3-2-4-8-16/h2-10,19-20,23H,11-15H2,1H3,(H,30,37)(H,33,35)/t19-,20?,23-/m1/s1. The number of amides is 1. The molecule has 2 aromatic heterocycles. The number of nitrogens with zero attached hydrogens (tertiary/aromatic N) is 5. The molecule has 2 saturated carbocycles. The first-order valence-corrected chi connectivity index (χ1v) is 14.4. The van der Waals surface area contributed by atoms with Crippen LogP contribution in [0.1, 0.15) is 42.3 Å². The molecule has 2 N–H and O–H groups in total. The number of anilines is 3. The van der Waals surface area contributed by atoms with Gasteiger partial charge < -0.3 is 24.7 Å². The van der Waals surface area contributed by atoms with Gasteiger partial charge in [0.25, 0.3) is 11.8 Å². The van der Waals surface area contributed by atoms with E-state index in [1.165, 1.54) is 0 Å². The number of morpholine rings is 1. The van der Waals surface area contributed by atoms with Crippen molar-refractivity contribution >= 4 is 39.7 Å². The molecule has 2 aromatic carbocycles. The van der Waals surface area contributed by atoms with E-state index in [2.05, 4.69) is 32.7 Å². The van der Waals surface area contributed by atoms with Crippen LogP contribution in [0.2, 0.25) is 0 Å². The van der Waals surface area contributed by atoms with E-state index in [1.54, 1.807) is 11.3 Å². The van der Waals surface area contributed by atoms with Crippen molar-refractivity contribution in [2.45, 2.75) is 49.9 Å². The number of thiazole rings is 1. The molecule has 2 aliphatic heterocycles. The first-order valence-electron chi connectivity index (χ1n) is 13.6. The Kier molecular flexibility index (Phi) is 5.33. The summed E-state index contributed by atoms with van der Waals surface area (Å²) >= 11 is 1.72. The van der Waals surface area contributed by atoms with Crippen molar-refractivity contribution < 1.29 is 13.9 Å². The molecule has 0 bridgehead atoms. The van der Waals surface area contributed by atoms with Crippen LogP contribution < -0.4 is 15.5 Å². The SMILES string of the molecule is CC1(c2nc(-c3nnc(N[C@H]4N=C(c5ccccc5)c5ccccc5NC4=O)o3)c(N3CCOC4C[C@H]43)s2)CC1. The topological polar surface area (TPSA) is 118 Å². The molecule has 8 rings (SSSR count). The van der Waals surface area contributed by atoms with Crippen molar-refractivity contribution in [3.8, 4) is 11.6 Å². The molecule has 11 heteroatoms. The maximum Gasteiger partial charge on any atom is 0.317 e. The van der Waals surface area contributed by atoms with Gasteiger partial charge in [-0.2, -0.15) is 0 Å². The monoisotopic (exact) mass is 553 g/mol. The second kappa shape index (κ2) is 8.97. The van der Waals surface area contributed by atoms with Crippen LogP contribution in [-0.4, -0.2) is 58.3 Å². The van der Waals surface area contributed by atoms with Gasteiger partial charge in [-0.25, -0.2) is 9.98 Å². The van der Waals surface area contributed by atoms with Gasteiger partial charge in [-0.1, -0.05) is 60.6 Å². The van der Waals surface area contributed by atoms with Crippen LogP contribution in [0.4, 0.5) is 16.7 Å². The van der Waals surface area contributed by atoms with E-state index in [9.17, 15) is 4.79 Å². The van der Waals surface area contributed by atoms with Crippen LogP contribution in [0.3, 0.4) is 0 Å². The summed E-state index contributed by atoms with van der Waals surface area (Å²) in [4.78, 5) is 25.5. The van der Waals surface area contributed by atoms with Crippen molar-refractivity contribution in [3.05, 3.63) is 70.7 Å². The van der Waals surface area contributed by atoms with Gasteiger partial charge in [0.1, 0.15) is 10.0 Å². The van der Waals surface area contributed by atoms with E-state index in [-0.39, 0.29) is 23.4 Å². The fourth-order valence-electron chi connectivity index (χ4n) is 5.37. The molecule has 4 heterocycles. The molecule has 202 valence electrons. The van der Waals surface area contributed by atoms with Gasteiger partial charge in [-0.05, 0) is 25.3 Å². The molecule has 1 amide bonds. The predicted octanol–water partition coefficient (Wildman–Crippen LogP) is 4.45. The van der Waals surface area contributed by atoms with Crippen molar-refractivity contribution in [1.82, 2.24) is 15.2 Å². The van der Waals surface area contributed by atoms with E-state index in [4.69, 9.17) is 19.1 Å². The highest BCUT2D eigenvalue weighted by atomic mass is 32.1. The molecule has 4 aliphatic rings. The van der Waals surface area contributed by atoms with Crippen LogP contribution in [-0.2, 0) is 14.9 Å². The molecule has 1 saturated heterocycles. The van der Waals surface area contributed by atoms with Crippen LogP contribution in [0, 0.1) is 0 Å². The van der Waals surface area contributed by atoms with Gasteiger partial charge in [0.2, 0.25) is 6.17 Å². The molecule has 4 aromatic rings. The van der Waals surface area contributed by atoms with Crippen molar-refractivity contribution in [3.63, 3.8) is 0 Å². The van der Waals surface area contributed by atoms with Crippen molar-refractivity contribution in [1.29, 1.82) is 0 Å². The third-order valence-corrected chi connectivity index (χ3v) is 9.43. The molecule has 0 spiro atoms. The zero-order valence-corrected chi connectivity index (χ0v) is 22.6. The fraction of sp³-hybridized carbons (Fsp3) is 0.345. The number of nitrogens with one attached hydrogen (secondary N) is 2. The third-order valence-electron chi connectivity index (χ3n) is 8.03. The number of carbonyl (C=O) groups excluding carboxylic acids is 1. The van der Waals surface area contributed by atoms with E-state index in [1.807, 2.05) is 54.6 Å². The molecule has 2 aliphatic carbocycles. The maximum absolute atomic E-state index is 13.3. The zero-order chi connectivity index (χ0) is 26.8. The Morgan fingerprint density at radius 2 is 1.93 bits per heavy atom. The number of fused-ring (bicyclic) bond motifs is 2. The number of hydrogen-bond acceptors (Lipinski definition) is 10. The van der Waals surface area contributed by atoms with Crippen LogP contribution in [0.15, 0.2) is 64.0 Å². The van der Waals surface area contributed by atoms with Gasteiger partial charge in [-0.3, -0.25) is 4.79 Å². The van der Waals surface area contributed by atoms with Crippen LogP contribution in [0.5, 0.6) is 0 Å². The minimum absolute atomic E-state index is 0.113. The van der Waals surface area contributed by atoms with Crippen LogP contribution in [0.25, 0.3) is 11.6 Å². The summed E-state index contributed by atoms with van der Waals surface area (Å²) in [5, 5.41) is 16.8. The second-order valence-electron chi connectivity index (χ2n) is 11.0. The second-order valence-corrected chi connectivity index (χ2v) is 12.0. The number of carbonyl (C=O) groups is 1. The number of rotatable bonds is 6. The summed E-state index contributed by atoms with van der Waals surface area (Å²) in [6, 6.07) is 17.9. The smallest absolute Gasteiger partial charge is 0.317 e. The maximum atomic E-state index is 13.3. The fourth-order valence-corrected chi connectivity index (χ4v) is 6.71. The Balaban J connectivity index is 1.13. The average molecular weight is 554 g/mol. The molecule has 3 atom stereocenters. The number of benzodiazepines with no additional fused rings is 1. The minimum Gasteiger partial charge on any atom is -0.402 e. The Bertz CT molecular complexity index is 1640. The zero-order valence-electron chi connectivity index (χ0n) is 21.8. The number of aliphatic imine (C=N–C) groups is 1. The summed E-state index contributed by atoms with van der Waals surface area (Å²) in [5.74, 6) is 0.0158. The normalized spacial score (nSPS) is 24.3. The van der Waals surface area contributed by atoms with E-state index in [0.717, 1.165) is 46.9 Å². The first kappa shape index (κ1) is 23.8. The van der Waals surface area contributed by atoms with Gasteiger partial charge in [0.15, 0.2) is 5.69 Å². The Labute approximate surface area is 234 Å². The number of para-hydroxylation sites is 1. The lowest BCUT2D eigenvalue weighted by molar-refractivity contribution is -0.116. The lowest BCUT2D eigenvalue weighted by atomic mass is 10.0. The Hall–Kier alpha value is -4.09. The molecule has 10 nitrogen and oxygen atoms in total. The number of benzene rings is 2. The van der Waals surface area contributed by atoms with Gasteiger partial charge in [0, 0.05) is 23.1 Å². The molecule has 1 unspecified atom stereocenters. The predicted molar refractivity (Wildman–Crippen MR) is 152 cm³/mol. The molecule has 40 heavy (non-hydrogen) atoms. The summed E-state index contributed by atoms with van der Waals surface area (Å²) in [7, 11) is 0. The molecule has 3 fully saturated rings. The highest BCUT2D eigenvalue weighted by Gasteiger charge is 2.49. The number of hydrogen-bond donors (Lipinski definition) is 2. The van der Waals surface area contributed by atoms with Crippen LogP contribution >= 0.6 is 11.3 Å². The van der Waals surface area contributed by atoms with E-state index >= 15 is 0 Å². The van der Waals surface area contributed by atoms with Gasteiger partial charge in [0.05, 0.1) is 30.2 Å². The summed E-state index contributed by atoms with van der Waals surface area (Å²) in [6.07, 6.45) is 2.61. The number of ether oxygens (including phenoxy) is 1. The largest absolute Gasteiger partial charge is 0.402 e. The summed E-state index contributed by atoms with van der Waals surface area (Å²) < 4.78 is 11.9. The lowest BCUT2D eigenvalue weighted by Crippen LogP contribution is -2.36. The highest BCUT2D eigenvalue weighted by molar-refractivity contribution is 7.16. The Morgan fingerprint density at radius 1 is 1.10 bits per heavy atom. The first-order chi connectivity index (χ1) is 19.6. The molecular weight excluding hydrogens is 526 g/mol. The lowest BCUT2D eigenvalue weighted by Gasteiger charge is -2.27. The average Bonchev–Trinajstić information content (AvgIpc) is 3.84. The van der Waals surface area contributed by atoms with Crippen molar-refractivity contribution in [2.75, 3.05) is 28.7 Å². The molecule has 0 radical (unpaired) electrons. The molecular formula is C29H27N7O3S. The van der Waals surface area contributed by atoms with E-state index in [0.29, 0.717) is 35.6 Å². The summed E-state index contributed by atoms with van der Waals surface area (Å²) in [6.45, 7) is 3.76. The number of aromatic nitrogens is 3. The van der Waals surface area contributed by atoms with Crippen molar-refractivity contribution in [2.24, 2.45) is 4.99 Å². The highest BCUT2D eigenvalue weighted by Crippen LogP contribution is 2.53. The third kappa shape index (κ3) is 4.08. The minimum atomic E-state index is -0.974. The van der Waals surface area contributed by atoms with Gasteiger partial charge in [-0.15, -0.1) is 16.4 Å². The Morgan fingerprint density at radius 3 is 2.77 bits per heavy atom. The van der Waals surface area contributed by atoms with E-state index < -0.39 is 6.17 Å². The van der Waals surface area contributed by atoms with Gasteiger partial charge >= 0.3 is 6.01 Å².